The number of methoxy groups -OCH3 is 1. The molecule has 0 heterocycles. The summed E-state index contributed by atoms with van der Waals surface area (Å²) < 4.78 is 5.25. The first-order valence-corrected chi connectivity index (χ1v) is 7.12. The summed E-state index contributed by atoms with van der Waals surface area (Å²) in [4.78, 5) is 25.2. The molecule has 0 N–H and O–H groups in total. The zero-order valence-electron chi connectivity index (χ0n) is 13.2. The van der Waals surface area contributed by atoms with Crippen LogP contribution in [0.4, 0.5) is 0 Å². The summed E-state index contributed by atoms with van der Waals surface area (Å²) in [5.74, 6) is 0.681. The fourth-order valence-corrected chi connectivity index (χ4v) is 2.68. The molecule has 0 aromatic rings. The van der Waals surface area contributed by atoms with Gasteiger partial charge in [-0.25, -0.2) is 0 Å². The Kier molecular flexibility index (Phi) is 8.65. The lowest BCUT2D eigenvalue weighted by Gasteiger charge is -2.38. The highest BCUT2D eigenvalue weighted by molar-refractivity contribution is 5.77. The Bertz CT molecular complexity index is 291. The second-order valence-electron chi connectivity index (χ2n) is 5.36. The SMILES string of the molecule is CCC(=O)N(C)C(C(C)CC)C(COC)CC(C)=O. The number of carbonyl (C=O) groups is 2. The van der Waals surface area contributed by atoms with Gasteiger partial charge in [0.1, 0.15) is 5.78 Å². The second-order valence-corrected chi connectivity index (χ2v) is 5.36. The third-order valence-electron chi connectivity index (χ3n) is 3.78. The Morgan fingerprint density at radius 2 is 1.84 bits per heavy atom. The molecule has 0 saturated heterocycles. The molecule has 4 nitrogen and oxygen atoms in total. The van der Waals surface area contributed by atoms with E-state index in [2.05, 4.69) is 13.8 Å². The Morgan fingerprint density at radius 1 is 1.26 bits per heavy atom. The average Bonchev–Trinajstić information content (AvgIpc) is 2.37. The lowest BCUT2D eigenvalue weighted by atomic mass is 9.84. The van der Waals surface area contributed by atoms with Gasteiger partial charge in [-0.05, 0) is 12.8 Å². The van der Waals surface area contributed by atoms with Crippen LogP contribution < -0.4 is 0 Å². The van der Waals surface area contributed by atoms with Gasteiger partial charge in [0.25, 0.3) is 0 Å². The smallest absolute Gasteiger partial charge is 0.222 e. The van der Waals surface area contributed by atoms with Crippen molar-refractivity contribution in [2.75, 3.05) is 20.8 Å². The molecule has 0 aliphatic heterocycles. The summed E-state index contributed by atoms with van der Waals surface area (Å²) in [5, 5.41) is 0. The Hall–Kier alpha value is -0.900. The monoisotopic (exact) mass is 271 g/mol. The molecular weight excluding hydrogens is 242 g/mol. The molecule has 112 valence electrons. The number of hydrogen-bond acceptors (Lipinski definition) is 3. The number of ether oxygens (including phenoxy) is 1. The largest absolute Gasteiger partial charge is 0.384 e. The molecule has 0 saturated carbocycles. The van der Waals surface area contributed by atoms with Gasteiger partial charge in [-0.1, -0.05) is 27.2 Å². The van der Waals surface area contributed by atoms with Crippen LogP contribution in [0, 0.1) is 11.8 Å². The second kappa shape index (κ2) is 9.08. The molecule has 0 aromatic carbocycles. The van der Waals surface area contributed by atoms with E-state index < -0.39 is 0 Å². The van der Waals surface area contributed by atoms with Crippen LogP contribution in [0.3, 0.4) is 0 Å². The lowest BCUT2D eigenvalue weighted by molar-refractivity contribution is -0.135. The molecule has 0 spiro atoms. The third kappa shape index (κ3) is 5.72. The topological polar surface area (TPSA) is 46.6 Å². The van der Waals surface area contributed by atoms with Crippen LogP contribution in [0.15, 0.2) is 0 Å². The van der Waals surface area contributed by atoms with Crippen LogP contribution in [0.1, 0.15) is 47.0 Å². The van der Waals surface area contributed by atoms with Crippen molar-refractivity contribution in [3.63, 3.8) is 0 Å². The van der Waals surface area contributed by atoms with E-state index in [1.165, 1.54) is 0 Å². The number of ketones is 1. The first-order chi connectivity index (χ1) is 8.88. The molecule has 0 rings (SSSR count). The van der Waals surface area contributed by atoms with Gasteiger partial charge in [0, 0.05) is 39.0 Å². The number of rotatable bonds is 9. The molecule has 0 bridgehead atoms. The molecule has 0 aliphatic carbocycles. The zero-order valence-corrected chi connectivity index (χ0v) is 13.2. The quantitative estimate of drug-likeness (QED) is 0.647. The van der Waals surface area contributed by atoms with E-state index in [0.29, 0.717) is 25.4 Å². The summed E-state index contributed by atoms with van der Waals surface area (Å²) in [6, 6.07) is 0.0568. The maximum absolute atomic E-state index is 12.0. The van der Waals surface area contributed by atoms with E-state index in [9.17, 15) is 9.59 Å². The maximum atomic E-state index is 12.0. The number of carbonyl (C=O) groups excluding carboxylic acids is 2. The molecule has 19 heavy (non-hydrogen) atoms. The van der Waals surface area contributed by atoms with Crippen LogP contribution in [0.25, 0.3) is 0 Å². The van der Waals surface area contributed by atoms with E-state index in [1.807, 2.05) is 14.0 Å². The van der Waals surface area contributed by atoms with Crippen LogP contribution in [0.2, 0.25) is 0 Å². The minimum Gasteiger partial charge on any atom is -0.384 e. The van der Waals surface area contributed by atoms with Gasteiger partial charge in [0.05, 0.1) is 6.61 Å². The molecule has 4 heteroatoms. The summed E-state index contributed by atoms with van der Waals surface area (Å²) in [6.07, 6.45) is 1.93. The highest BCUT2D eigenvalue weighted by atomic mass is 16.5. The molecule has 1 amide bonds. The fraction of sp³-hybridized carbons (Fsp3) is 0.867. The van der Waals surface area contributed by atoms with Crippen molar-refractivity contribution in [3.8, 4) is 0 Å². The molecule has 3 unspecified atom stereocenters. The molecule has 0 fully saturated rings. The first kappa shape index (κ1) is 18.1. The van der Waals surface area contributed by atoms with Crippen molar-refractivity contribution >= 4 is 11.7 Å². The average molecular weight is 271 g/mol. The number of amides is 1. The summed E-state index contributed by atoms with van der Waals surface area (Å²) >= 11 is 0. The molecule has 0 aromatic heterocycles. The minimum atomic E-state index is 0.0568. The van der Waals surface area contributed by atoms with E-state index in [4.69, 9.17) is 4.74 Å². The van der Waals surface area contributed by atoms with Crippen molar-refractivity contribution in [2.24, 2.45) is 11.8 Å². The predicted molar refractivity (Wildman–Crippen MR) is 77.0 cm³/mol. The normalized spacial score (nSPS) is 15.7. The number of nitrogens with zero attached hydrogens (tertiary/aromatic N) is 1. The summed E-state index contributed by atoms with van der Waals surface area (Å²) in [7, 11) is 3.48. The number of Topliss-reactive ketones (excluding diaryl/α,β-unsaturated/α-hetero) is 1. The number of hydrogen-bond donors (Lipinski definition) is 0. The van der Waals surface area contributed by atoms with Gasteiger partial charge in [-0.3, -0.25) is 4.79 Å². The Balaban J connectivity index is 5.15. The van der Waals surface area contributed by atoms with E-state index in [1.54, 1.807) is 18.9 Å². The molecule has 3 atom stereocenters. The van der Waals surface area contributed by atoms with Crippen molar-refractivity contribution in [2.45, 2.75) is 53.0 Å². The van der Waals surface area contributed by atoms with E-state index in [0.717, 1.165) is 6.42 Å². The molecule has 0 aliphatic rings. The van der Waals surface area contributed by atoms with Crippen molar-refractivity contribution in [1.29, 1.82) is 0 Å². The van der Waals surface area contributed by atoms with Gasteiger partial charge < -0.3 is 14.4 Å². The third-order valence-corrected chi connectivity index (χ3v) is 3.78. The van der Waals surface area contributed by atoms with Crippen LogP contribution in [-0.4, -0.2) is 43.4 Å². The van der Waals surface area contributed by atoms with Gasteiger partial charge in [0.15, 0.2) is 0 Å². The van der Waals surface area contributed by atoms with Gasteiger partial charge >= 0.3 is 0 Å². The standard InChI is InChI=1S/C15H29NO3/c1-7-11(3)15(16(5)14(18)8-2)13(10-19-6)9-12(4)17/h11,13,15H,7-10H2,1-6H3. The van der Waals surface area contributed by atoms with Crippen molar-refractivity contribution in [1.82, 2.24) is 4.90 Å². The molecular formula is C15H29NO3. The van der Waals surface area contributed by atoms with Crippen LogP contribution in [-0.2, 0) is 14.3 Å². The Labute approximate surface area is 117 Å². The van der Waals surface area contributed by atoms with E-state index >= 15 is 0 Å². The first-order valence-electron chi connectivity index (χ1n) is 7.12. The van der Waals surface area contributed by atoms with Crippen molar-refractivity contribution in [3.05, 3.63) is 0 Å². The van der Waals surface area contributed by atoms with Gasteiger partial charge in [-0.2, -0.15) is 0 Å². The van der Waals surface area contributed by atoms with Gasteiger partial charge in [0.2, 0.25) is 5.91 Å². The summed E-state index contributed by atoms with van der Waals surface area (Å²) in [6.45, 7) is 8.21. The highest BCUT2D eigenvalue weighted by Crippen LogP contribution is 2.25. The fourth-order valence-electron chi connectivity index (χ4n) is 2.68. The highest BCUT2D eigenvalue weighted by Gasteiger charge is 2.32. The minimum absolute atomic E-state index is 0.0568. The van der Waals surface area contributed by atoms with Crippen LogP contribution >= 0.6 is 0 Å². The van der Waals surface area contributed by atoms with Gasteiger partial charge in [-0.15, -0.1) is 0 Å². The van der Waals surface area contributed by atoms with Crippen molar-refractivity contribution < 1.29 is 14.3 Å². The van der Waals surface area contributed by atoms with Crippen LogP contribution in [0.5, 0.6) is 0 Å². The zero-order chi connectivity index (χ0) is 15.0. The lowest BCUT2D eigenvalue weighted by Crippen LogP contribution is -2.47. The van der Waals surface area contributed by atoms with E-state index in [-0.39, 0.29) is 23.7 Å². The predicted octanol–water partition coefficient (Wildman–Crippen LogP) is 2.51. The molecule has 0 radical (unpaired) electrons. The maximum Gasteiger partial charge on any atom is 0.222 e. The Morgan fingerprint density at radius 3 is 2.21 bits per heavy atom. The summed E-state index contributed by atoms with van der Waals surface area (Å²) in [5.41, 5.74) is 0.